The summed E-state index contributed by atoms with van der Waals surface area (Å²) < 4.78 is 38.8. The molecule has 0 aliphatic rings. The zero-order chi connectivity index (χ0) is 16.7. The summed E-state index contributed by atoms with van der Waals surface area (Å²) in [4.78, 5) is 4.15. The molecule has 0 atom stereocenters. The number of halogens is 5. The smallest absolute Gasteiger partial charge is 0.339 e. The predicted octanol–water partition coefficient (Wildman–Crippen LogP) is 6.08. The second kappa shape index (κ2) is 5.97. The van der Waals surface area contributed by atoms with Gasteiger partial charge in [0, 0.05) is 11.9 Å². The Hall–Kier alpha value is -1.46. The maximum Gasteiger partial charge on any atom is 0.417 e. The predicted molar refractivity (Wildman–Crippen MR) is 83.2 cm³/mol. The molecule has 0 spiro atoms. The van der Waals surface area contributed by atoms with E-state index in [1.807, 2.05) is 6.92 Å². The number of rotatable bonds is 2. The largest absolute Gasteiger partial charge is 0.417 e. The molecule has 22 heavy (non-hydrogen) atoms. The topological polar surface area (TPSA) is 24.9 Å². The number of alkyl halides is 3. The minimum atomic E-state index is -4.50. The second-order valence-corrected chi connectivity index (χ2v) is 5.81. The molecule has 0 aliphatic heterocycles. The lowest BCUT2D eigenvalue weighted by atomic mass is 10.0. The van der Waals surface area contributed by atoms with Crippen molar-refractivity contribution in [3.8, 4) is 0 Å². The van der Waals surface area contributed by atoms with Crippen LogP contribution in [0.1, 0.15) is 22.3 Å². The van der Waals surface area contributed by atoms with Gasteiger partial charge in [0.25, 0.3) is 0 Å². The lowest BCUT2D eigenvalue weighted by molar-refractivity contribution is -0.137. The summed E-state index contributed by atoms with van der Waals surface area (Å²) >= 11 is 12.0. The fourth-order valence-electron chi connectivity index (χ4n) is 2.10. The van der Waals surface area contributed by atoms with E-state index in [0.717, 1.165) is 11.6 Å². The average molecular weight is 349 g/mol. The summed E-state index contributed by atoms with van der Waals surface area (Å²) in [6.07, 6.45) is -2.88. The number of nitrogens with zero attached hydrogens (tertiary/aromatic N) is 1. The van der Waals surface area contributed by atoms with Gasteiger partial charge in [0.15, 0.2) is 0 Å². The van der Waals surface area contributed by atoms with Crippen LogP contribution in [0.4, 0.5) is 24.7 Å². The Bertz CT molecular complexity index is 728. The van der Waals surface area contributed by atoms with Gasteiger partial charge >= 0.3 is 6.18 Å². The Kier molecular flexibility index (Phi) is 4.59. The van der Waals surface area contributed by atoms with E-state index >= 15 is 0 Å². The van der Waals surface area contributed by atoms with Crippen LogP contribution in [0.2, 0.25) is 10.0 Å². The fraction of sp³-hybridized carbons (Fsp3) is 0.267. The summed E-state index contributed by atoms with van der Waals surface area (Å²) in [5.41, 5.74) is 1.21. The van der Waals surface area contributed by atoms with Crippen LogP contribution in [-0.2, 0) is 6.18 Å². The molecular formula is C15H13Cl2F3N2. The third kappa shape index (κ3) is 3.31. The Balaban J connectivity index is 2.51. The number of anilines is 2. The SMILES string of the molecule is Cc1cnc(Nc2c(C)cc(C(F)(F)F)c(Cl)c2C)c(Cl)c1. The highest BCUT2D eigenvalue weighted by molar-refractivity contribution is 6.33. The minimum absolute atomic E-state index is 0.299. The van der Waals surface area contributed by atoms with Crippen LogP contribution >= 0.6 is 23.2 Å². The standard InChI is InChI=1S/C15H13Cl2F3N2/c1-7-4-11(16)14(21-6-7)22-13-8(2)5-10(15(18,19)20)12(17)9(13)3/h4-6H,1-3H3,(H,21,22). The van der Waals surface area contributed by atoms with E-state index in [1.165, 1.54) is 6.92 Å². The minimum Gasteiger partial charge on any atom is -0.339 e. The van der Waals surface area contributed by atoms with Gasteiger partial charge in [-0.3, -0.25) is 0 Å². The van der Waals surface area contributed by atoms with Gasteiger partial charge in [0.05, 0.1) is 15.6 Å². The van der Waals surface area contributed by atoms with Gasteiger partial charge in [-0.05, 0) is 49.6 Å². The molecule has 1 N–H and O–H groups in total. The Morgan fingerprint density at radius 2 is 1.73 bits per heavy atom. The van der Waals surface area contributed by atoms with Crippen molar-refractivity contribution in [1.82, 2.24) is 4.98 Å². The van der Waals surface area contributed by atoms with Crippen molar-refractivity contribution in [1.29, 1.82) is 0 Å². The zero-order valence-electron chi connectivity index (χ0n) is 12.1. The third-order valence-electron chi connectivity index (χ3n) is 3.22. The van der Waals surface area contributed by atoms with Crippen LogP contribution in [0.25, 0.3) is 0 Å². The van der Waals surface area contributed by atoms with Crippen LogP contribution in [0.3, 0.4) is 0 Å². The number of aromatic nitrogens is 1. The monoisotopic (exact) mass is 348 g/mol. The lowest BCUT2D eigenvalue weighted by Gasteiger charge is -2.18. The molecule has 0 fully saturated rings. The number of aryl methyl sites for hydroxylation is 2. The van der Waals surface area contributed by atoms with E-state index in [9.17, 15) is 13.2 Å². The van der Waals surface area contributed by atoms with Crippen LogP contribution in [0, 0.1) is 20.8 Å². The molecule has 1 aromatic heterocycles. The summed E-state index contributed by atoms with van der Waals surface area (Å²) in [6.45, 7) is 4.94. The first kappa shape index (κ1) is 16.9. The Morgan fingerprint density at radius 3 is 2.27 bits per heavy atom. The highest BCUT2D eigenvalue weighted by Crippen LogP contribution is 2.41. The number of hydrogen-bond acceptors (Lipinski definition) is 2. The van der Waals surface area contributed by atoms with Crippen LogP contribution in [0.5, 0.6) is 0 Å². The number of pyridine rings is 1. The van der Waals surface area contributed by atoms with E-state index in [1.54, 1.807) is 19.2 Å². The molecule has 2 aromatic rings. The Labute approximate surface area is 136 Å². The van der Waals surface area contributed by atoms with Crippen LogP contribution < -0.4 is 5.32 Å². The highest BCUT2D eigenvalue weighted by atomic mass is 35.5. The highest BCUT2D eigenvalue weighted by Gasteiger charge is 2.34. The molecule has 0 saturated heterocycles. The van der Waals surface area contributed by atoms with Crippen LogP contribution in [-0.4, -0.2) is 4.98 Å². The van der Waals surface area contributed by atoms with Crippen molar-refractivity contribution in [2.24, 2.45) is 0 Å². The maximum atomic E-state index is 12.9. The van der Waals surface area contributed by atoms with Crippen molar-refractivity contribution in [3.05, 3.63) is 50.6 Å². The summed E-state index contributed by atoms with van der Waals surface area (Å²) in [5, 5.41) is 3.01. The van der Waals surface area contributed by atoms with Gasteiger partial charge in [-0.2, -0.15) is 13.2 Å². The molecule has 1 heterocycles. The van der Waals surface area contributed by atoms with E-state index in [2.05, 4.69) is 10.3 Å². The van der Waals surface area contributed by atoms with Crippen molar-refractivity contribution < 1.29 is 13.2 Å². The van der Waals surface area contributed by atoms with E-state index in [4.69, 9.17) is 23.2 Å². The number of nitrogens with one attached hydrogen (secondary N) is 1. The van der Waals surface area contributed by atoms with Gasteiger partial charge in [0.1, 0.15) is 5.82 Å². The maximum absolute atomic E-state index is 12.9. The molecule has 0 amide bonds. The Morgan fingerprint density at radius 1 is 1.09 bits per heavy atom. The van der Waals surface area contributed by atoms with Crippen molar-refractivity contribution in [2.45, 2.75) is 26.9 Å². The summed E-state index contributed by atoms with van der Waals surface area (Å²) in [6, 6.07) is 2.73. The average Bonchev–Trinajstić information content (AvgIpc) is 2.39. The van der Waals surface area contributed by atoms with Gasteiger partial charge in [-0.1, -0.05) is 23.2 Å². The van der Waals surface area contributed by atoms with Crippen molar-refractivity contribution >= 4 is 34.7 Å². The fourth-order valence-corrected chi connectivity index (χ4v) is 2.63. The van der Waals surface area contributed by atoms with E-state index in [-0.39, 0.29) is 5.02 Å². The first-order valence-electron chi connectivity index (χ1n) is 6.37. The zero-order valence-corrected chi connectivity index (χ0v) is 13.6. The first-order chi connectivity index (χ1) is 10.1. The van der Waals surface area contributed by atoms with E-state index < -0.39 is 11.7 Å². The molecule has 7 heteroatoms. The molecule has 0 bridgehead atoms. The summed E-state index contributed by atoms with van der Waals surface area (Å²) in [7, 11) is 0. The van der Waals surface area contributed by atoms with Gasteiger partial charge in [-0.15, -0.1) is 0 Å². The second-order valence-electron chi connectivity index (χ2n) is 5.02. The number of hydrogen-bond donors (Lipinski definition) is 1. The van der Waals surface area contributed by atoms with Gasteiger partial charge < -0.3 is 5.32 Å². The molecule has 2 rings (SSSR count). The molecule has 1 aromatic carbocycles. The number of benzene rings is 1. The molecular weight excluding hydrogens is 336 g/mol. The summed E-state index contributed by atoms with van der Waals surface area (Å²) in [5.74, 6) is 0.370. The quantitative estimate of drug-likeness (QED) is 0.711. The molecule has 0 saturated carbocycles. The van der Waals surface area contributed by atoms with E-state index in [0.29, 0.717) is 27.7 Å². The molecule has 0 aliphatic carbocycles. The molecule has 0 unspecified atom stereocenters. The third-order valence-corrected chi connectivity index (χ3v) is 4.00. The molecule has 0 radical (unpaired) electrons. The molecule has 2 nitrogen and oxygen atoms in total. The molecule has 118 valence electrons. The first-order valence-corrected chi connectivity index (χ1v) is 7.13. The van der Waals surface area contributed by atoms with Crippen LogP contribution in [0.15, 0.2) is 18.3 Å². The normalized spacial score (nSPS) is 11.6. The van der Waals surface area contributed by atoms with Crippen molar-refractivity contribution in [3.63, 3.8) is 0 Å². The van der Waals surface area contributed by atoms with Gasteiger partial charge in [-0.25, -0.2) is 4.98 Å². The van der Waals surface area contributed by atoms with Gasteiger partial charge in [0.2, 0.25) is 0 Å². The van der Waals surface area contributed by atoms with Crippen molar-refractivity contribution in [2.75, 3.05) is 5.32 Å². The lowest BCUT2D eigenvalue weighted by Crippen LogP contribution is -2.09.